The zero-order chi connectivity index (χ0) is 10.3. The van der Waals surface area contributed by atoms with E-state index in [0.717, 1.165) is 11.3 Å². The summed E-state index contributed by atoms with van der Waals surface area (Å²) < 4.78 is 0.391. The quantitative estimate of drug-likeness (QED) is 0.629. The lowest BCUT2D eigenvalue weighted by molar-refractivity contribution is 0.0699. The van der Waals surface area contributed by atoms with Crippen LogP contribution >= 0.6 is 11.3 Å². The highest BCUT2D eigenvalue weighted by molar-refractivity contribution is 7.18. The zero-order valence-electron chi connectivity index (χ0n) is 6.89. The summed E-state index contributed by atoms with van der Waals surface area (Å²) in [5.41, 5.74) is 0.0124. The van der Waals surface area contributed by atoms with Crippen molar-refractivity contribution in [2.45, 2.75) is 0 Å². The van der Waals surface area contributed by atoms with E-state index in [1.54, 1.807) is 0 Å². The van der Waals surface area contributed by atoms with Crippen LogP contribution < -0.4 is 0 Å². The number of thiophene rings is 1. The van der Waals surface area contributed by atoms with Crippen LogP contribution in [0, 0.1) is 0 Å². The lowest BCUT2D eigenvalue weighted by atomic mass is 10.1. The van der Waals surface area contributed by atoms with Crippen molar-refractivity contribution in [2.24, 2.45) is 0 Å². The monoisotopic (exact) mass is 210 g/mol. The highest BCUT2D eigenvalue weighted by atomic mass is 32.1. The molecule has 2 aromatic rings. The van der Waals surface area contributed by atoms with E-state index in [9.17, 15) is 15.0 Å². The molecule has 0 amide bonds. The normalized spacial score (nSPS) is 10.6. The van der Waals surface area contributed by atoms with Crippen LogP contribution in [0.1, 0.15) is 10.4 Å². The maximum absolute atomic E-state index is 10.8. The summed E-state index contributed by atoms with van der Waals surface area (Å²) in [5.74, 6) is -1.26. The van der Waals surface area contributed by atoms with Crippen molar-refractivity contribution < 1.29 is 20.1 Å². The Labute approximate surface area is 82.7 Å². The molecule has 0 atom stereocenters. The number of carboxylic acids is 1. The Bertz CT molecular complexity index is 515. The van der Waals surface area contributed by atoms with Crippen molar-refractivity contribution in [1.29, 1.82) is 0 Å². The van der Waals surface area contributed by atoms with E-state index >= 15 is 0 Å². The number of carboxylic acid groups (broad SMARTS) is 1. The van der Waals surface area contributed by atoms with Crippen LogP contribution in [0.25, 0.3) is 10.1 Å². The summed E-state index contributed by atoms with van der Waals surface area (Å²) in [6.45, 7) is 0. The predicted molar refractivity (Wildman–Crippen MR) is 52.1 cm³/mol. The topological polar surface area (TPSA) is 77.8 Å². The Morgan fingerprint density at radius 3 is 2.50 bits per heavy atom. The molecule has 0 aliphatic rings. The first-order chi connectivity index (χ1) is 6.61. The van der Waals surface area contributed by atoms with Crippen molar-refractivity contribution in [1.82, 2.24) is 0 Å². The molecule has 0 aliphatic heterocycles. The Morgan fingerprint density at radius 2 is 1.86 bits per heavy atom. The van der Waals surface area contributed by atoms with Crippen LogP contribution in [0.5, 0.6) is 11.5 Å². The SMILES string of the molecule is O=C(O)c1csc2c(O)ccc(O)c12. The second kappa shape index (κ2) is 2.88. The molecule has 0 unspecified atom stereocenters. The fourth-order valence-electron chi connectivity index (χ4n) is 1.27. The first-order valence-electron chi connectivity index (χ1n) is 3.76. The lowest BCUT2D eigenvalue weighted by Gasteiger charge is -1.98. The second-order valence-electron chi connectivity index (χ2n) is 2.76. The van der Waals surface area contributed by atoms with E-state index < -0.39 is 5.97 Å². The number of phenols is 2. The molecule has 0 saturated heterocycles. The van der Waals surface area contributed by atoms with Crippen LogP contribution in [0.3, 0.4) is 0 Å². The van der Waals surface area contributed by atoms with Crippen LogP contribution in [0.15, 0.2) is 17.5 Å². The number of hydrogen-bond acceptors (Lipinski definition) is 4. The summed E-state index contributed by atoms with van der Waals surface area (Å²) in [7, 11) is 0. The Hall–Kier alpha value is -1.75. The third kappa shape index (κ3) is 1.10. The van der Waals surface area contributed by atoms with E-state index in [0.29, 0.717) is 4.70 Å². The molecule has 14 heavy (non-hydrogen) atoms. The second-order valence-corrected chi connectivity index (χ2v) is 3.64. The van der Waals surface area contributed by atoms with Gasteiger partial charge in [0.25, 0.3) is 0 Å². The van der Waals surface area contributed by atoms with Gasteiger partial charge in [-0.2, -0.15) is 0 Å². The van der Waals surface area contributed by atoms with Gasteiger partial charge in [-0.15, -0.1) is 11.3 Å². The number of aromatic hydroxyl groups is 2. The molecule has 2 rings (SSSR count). The van der Waals surface area contributed by atoms with Crippen molar-refractivity contribution in [2.75, 3.05) is 0 Å². The van der Waals surface area contributed by atoms with Crippen molar-refractivity contribution >= 4 is 27.4 Å². The molecule has 3 N–H and O–H groups in total. The minimum Gasteiger partial charge on any atom is -0.507 e. The molecule has 5 heteroatoms. The van der Waals surface area contributed by atoms with Crippen LogP contribution in [0.4, 0.5) is 0 Å². The van der Waals surface area contributed by atoms with Gasteiger partial charge in [0.15, 0.2) is 0 Å². The summed E-state index contributed by atoms with van der Waals surface area (Å²) >= 11 is 1.09. The first kappa shape index (κ1) is 8.83. The molecule has 1 heterocycles. The molecule has 0 saturated carbocycles. The van der Waals surface area contributed by atoms with E-state index in [2.05, 4.69) is 0 Å². The Kier molecular flexibility index (Phi) is 1.82. The molecule has 0 bridgehead atoms. The molecule has 1 aromatic carbocycles. The number of carbonyl (C=O) groups is 1. The van der Waals surface area contributed by atoms with Crippen LogP contribution in [0.2, 0.25) is 0 Å². The third-order valence-electron chi connectivity index (χ3n) is 1.91. The van der Waals surface area contributed by atoms with E-state index in [1.165, 1.54) is 17.5 Å². The molecule has 4 nitrogen and oxygen atoms in total. The van der Waals surface area contributed by atoms with Crippen LogP contribution in [-0.4, -0.2) is 21.3 Å². The highest BCUT2D eigenvalue weighted by Gasteiger charge is 2.16. The standard InChI is InChI=1S/C9H6O4S/c10-5-1-2-6(11)8-7(5)4(3-14-8)9(12)13/h1-3,10-11H,(H,12,13). The van der Waals surface area contributed by atoms with E-state index in [4.69, 9.17) is 5.11 Å². The van der Waals surface area contributed by atoms with Gasteiger partial charge < -0.3 is 15.3 Å². The number of fused-ring (bicyclic) bond motifs is 1. The van der Waals surface area contributed by atoms with Gasteiger partial charge in [0.1, 0.15) is 11.5 Å². The Balaban J connectivity index is 2.90. The molecule has 0 radical (unpaired) electrons. The minimum absolute atomic E-state index is 0.0124. The molecule has 0 aliphatic carbocycles. The van der Waals surface area contributed by atoms with Crippen molar-refractivity contribution in [3.8, 4) is 11.5 Å². The maximum atomic E-state index is 10.8. The first-order valence-corrected chi connectivity index (χ1v) is 4.64. The average Bonchev–Trinajstić information content (AvgIpc) is 2.56. The minimum atomic E-state index is -1.11. The maximum Gasteiger partial charge on any atom is 0.337 e. The van der Waals surface area contributed by atoms with E-state index in [1.807, 2.05) is 0 Å². The van der Waals surface area contributed by atoms with Gasteiger partial charge in [-0.05, 0) is 12.1 Å². The molecule has 0 fully saturated rings. The van der Waals surface area contributed by atoms with Crippen molar-refractivity contribution in [3.05, 3.63) is 23.1 Å². The lowest BCUT2D eigenvalue weighted by Crippen LogP contribution is -1.93. The number of hydrogen-bond donors (Lipinski definition) is 3. The molecular weight excluding hydrogens is 204 g/mol. The average molecular weight is 210 g/mol. The zero-order valence-corrected chi connectivity index (χ0v) is 7.71. The van der Waals surface area contributed by atoms with E-state index in [-0.39, 0.29) is 22.4 Å². The third-order valence-corrected chi connectivity index (χ3v) is 2.91. The van der Waals surface area contributed by atoms with Gasteiger partial charge in [0.05, 0.1) is 15.6 Å². The summed E-state index contributed by atoms with van der Waals surface area (Å²) in [4.78, 5) is 10.8. The number of phenolic OH excluding ortho intramolecular Hbond substituents is 2. The van der Waals surface area contributed by atoms with Gasteiger partial charge in [0.2, 0.25) is 0 Å². The molecule has 72 valence electrons. The van der Waals surface area contributed by atoms with Gasteiger partial charge in [0, 0.05) is 5.38 Å². The highest BCUT2D eigenvalue weighted by Crippen LogP contribution is 2.38. The summed E-state index contributed by atoms with van der Waals surface area (Å²) in [6.07, 6.45) is 0. The van der Waals surface area contributed by atoms with Gasteiger partial charge >= 0.3 is 5.97 Å². The van der Waals surface area contributed by atoms with Gasteiger partial charge in [-0.3, -0.25) is 0 Å². The summed E-state index contributed by atoms with van der Waals surface area (Å²) in [5, 5.41) is 29.2. The van der Waals surface area contributed by atoms with Gasteiger partial charge in [-0.1, -0.05) is 0 Å². The van der Waals surface area contributed by atoms with Crippen LogP contribution in [-0.2, 0) is 0 Å². The number of aromatic carboxylic acids is 1. The smallest absolute Gasteiger partial charge is 0.337 e. The van der Waals surface area contributed by atoms with Crippen molar-refractivity contribution in [3.63, 3.8) is 0 Å². The fraction of sp³-hybridized carbons (Fsp3) is 0. The molecular formula is C9H6O4S. The molecule has 1 aromatic heterocycles. The number of rotatable bonds is 1. The Morgan fingerprint density at radius 1 is 1.21 bits per heavy atom. The largest absolute Gasteiger partial charge is 0.507 e. The predicted octanol–water partition coefficient (Wildman–Crippen LogP) is 2.01. The molecule has 0 spiro atoms. The number of benzene rings is 1. The van der Waals surface area contributed by atoms with Gasteiger partial charge in [-0.25, -0.2) is 4.79 Å². The fourth-order valence-corrected chi connectivity index (χ4v) is 2.25. The summed E-state index contributed by atoms with van der Waals surface area (Å²) in [6, 6.07) is 2.61.